The highest BCUT2D eigenvalue weighted by molar-refractivity contribution is 9.10. The highest BCUT2D eigenvalue weighted by Crippen LogP contribution is 2.29. The quantitative estimate of drug-likeness (QED) is 0.725. The Labute approximate surface area is 125 Å². The average Bonchev–Trinajstić information content (AvgIpc) is 2.89. The number of hydrogen-bond acceptors (Lipinski definition) is 2. The third-order valence-corrected chi connectivity index (χ3v) is 4.79. The van der Waals surface area contributed by atoms with E-state index in [1.807, 2.05) is 0 Å². The van der Waals surface area contributed by atoms with E-state index < -0.39 is 0 Å². The van der Waals surface area contributed by atoms with Crippen LogP contribution in [0.15, 0.2) is 58.4 Å². The molecular formula is C16H14BrNS. The monoisotopic (exact) mass is 331 g/mol. The van der Waals surface area contributed by atoms with Crippen molar-refractivity contribution in [1.29, 1.82) is 0 Å². The fourth-order valence-electron chi connectivity index (χ4n) is 2.29. The molecule has 96 valence electrons. The fourth-order valence-corrected chi connectivity index (χ4v) is 3.54. The van der Waals surface area contributed by atoms with E-state index in [1.165, 1.54) is 21.2 Å². The van der Waals surface area contributed by atoms with Gasteiger partial charge in [-0.1, -0.05) is 46.3 Å². The molecule has 0 radical (unpaired) electrons. The maximum absolute atomic E-state index is 6.39. The van der Waals surface area contributed by atoms with E-state index in [2.05, 4.69) is 69.8 Å². The predicted molar refractivity (Wildman–Crippen MR) is 86.6 cm³/mol. The van der Waals surface area contributed by atoms with Gasteiger partial charge in [-0.05, 0) is 46.5 Å². The second kappa shape index (κ2) is 5.45. The van der Waals surface area contributed by atoms with Crippen LogP contribution in [0.3, 0.4) is 0 Å². The lowest BCUT2D eigenvalue weighted by Crippen LogP contribution is -2.13. The van der Waals surface area contributed by atoms with Gasteiger partial charge in [0.05, 0.1) is 0 Å². The molecular weight excluding hydrogens is 318 g/mol. The fraction of sp³-hybridized carbons (Fsp3) is 0.125. The van der Waals surface area contributed by atoms with Crippen LogP contribution in [0.2, 0.25) is 0 Å². The lowest BCUT2D eigenvalue weighted by Gasteiger charge is -2.13. The van der Waals surface area contributed by atoms with Crippen molar-refractivity contribution in [3.05, 3.63) is 69.5 Å². The molecule has 0 saturated carbocycles. The Bertz CT molecular complexity index is 687. The molecule has 1 nitrogen and oxygen atoms in total. The third-order valence-electron chi connectivity index (χ3n) is 3.28. The first-order valence-corrected chi connectivity index (χ1v) is 7.87. The van der Waals surface area contributed by atoms with Crippen LogP contribution in [-0.4, -0.2) is 0 Å². The topological polar surface area (TPSA) is 26.0 Å². The molecule has 0 aliphatic carbocycles. The first kappa shape index (κ1) is 12.9. The van der Waals surface area contributed by atoms with Gasteiger partial charge in [0, 0.05) is 15.2 Å². The number of rotatable bonds is 3. The van der Waals surface area contributed by atoms with E-state index in [4.69, 9.17) is 5.73 Å². The molecule has 1 unspecified atom stereocenters. The van der Waals surface area contributed by atoms with Crippen LogP contribution in [0.25, 0.3) is 10.1 Å². The van der Waals surface area contributed by atoms with Crippen LogP contribution in [0.1, 0.15) is 17.2 Å². The van der Waals surface area contributed by atoms with Gasteiger partial charge in [0.25, 0.3) is 0 Å². The lowest BCUT2D eigenvalue weighted by molar-refractivity contribution is 0.729. The van der Waals surface area contributed by atoms with Gasteiger partial charge < -0.3 is 5.73 Å². The molecule has 0 saturated heterocycles. The van der Waals surface area contributed by atoms with E-state index in [0.717, 1.165) is 10.9 Å². The summed E-state index contributed by atoms with van der Waals surface area (Å²) in [5.74, 6) is 0. The molecule has 0 amide bonds. The van der Waals surface area contributed by atoms with Gasteiger partial charge in [-0.25, -0.2) is 0 Å². The molecule has 3 rings (SSSR count). The van der Waals surface area contributed by atoms with Crippen LogP contribution >= 0.6 is 27.3 Å². The lowest BCUT2D eigenvalue weighted by atomic mass is 9.99. The van der Waals surface area contributed by atoms with Crippen LogP contribution in [0.4, 0.5) is 0 Å². The molecule has 2 aromatic carbocycles. The molecule has 0 fully saturated rings. The number of halogens is 1. The Balaban J connectivity index is 1.89. The van der Waals surface area contributed by atoms with E-state index in [-0.39, 0.29) is 6.04 Å². The molecule has 0 bridgehead atoms. The summed E-state index contributed by atoms with van der Waals surface area (Å²) in [7, 11) is 0. The van der Waals surface area contributed by atoms with Crippen molar-refractivity contribution in [2.24, 2.45) is 5.73 Å². The summed E-state index contributed by atoms with van der Waals surface area (Å²) in [6, 6.07) is 16.9. The van der Waals surface area contributed by atoms with Crippen LogP contribution in [0.5, 0.6) is 0 Å². The minimum atomic E-state index is 0.0449. The Morgan fingerprint density at radius 3 is 2.63 bits per heavy atom. The van der Waals surface area contributed by atoms with Gasteiger partial charge in [0.15, 0.2) is 0 Å². The van der Waals surface area contributed by atoms with Crippen molar-refractivity contribution in [3.8, 4) is 0 Å². The largest absolute Gasteiger partial charge is 0.324 e. The Kier molecular flexibility index (Phi) is 3.69. The van der Waals surface area contributed by atoms with Gasteiger partial charge in [0.2, 0.25) is 0 Å². The van der Waals surface area contributed by atoms with Gasteiger partial charge in [0.1, 0.15) is 0 Å². The van der Waals surface area contributed by atoms with Gasteiger partial charge in [-0.3, -0.25) is 0 Å². The summed E-state index contributed by atoms with van der Waals surface area (Å²) >= 11 is 5.22. The number of fused-ring (bicyclic) bond motifs is 1. The summed E-state index contributed by atoms with van der Waals surface area (Å²) in [6.07, 6.45) is 0.865. The summed E-state index contributed by atoms with van der Waals surface area (Å²) in [4.78, 5) is 0. The number of benzene rings is 2. The van der Waals surface area contributed by atoms with Crippen molar-refractivity contribution < 1.29 is 0 Å². The van der Waals surface area contributed by atoms with Crippen molar-refractivity contribution in [3.63, 3.8) is 0 Å². The van der Waals surface area contributed by atoms with Crippen LogP contribution in [0, 0.1) is 0 Å². The van der Waals surface area contributed by atoms with Crippen molar-refractivity contribution in [2.45, 2.75) is 12.5 Å². The number of hydrogen-bond donors (Lipinski definition) is 1. The molecule has 1 atom stereocenters. The third kappa shape index (κ3) is 2.73. The average molecular weight is 332 g/mol. The Morgan fingerprint density at radius 2 is 1.84 bits per heavy atom. The first-order chi connectivity index (χ1) is 9.24. The van der Waals surface area contributed by atoms with Gasteiger partial charge in [-0.2, -0.15) is 0 Å². The molecule has 2 N–H and O–H groups in total. The molecule has 3 heteroatoms. The minimum Gasteiger partial charge on any atom is -0.324 e. The van der Waals surface area contributed by atoms with Crippen LogP contribution in [-0.2, 0) is 6.42 Å². The molecule has 1 aromatic heterocycles. The first-order valence-electron chi connectivity index (χ1n) is 6.20. The Morgan fingerprint density at radius 1 is 1.05 bits per heavy atom. The summed E-state index contributed by atoms with van der Waals surface area (Å²) in [6.45, 7) is 0. The summed E-state index contributed by atoms with van der Waals surface area (Å²) in [5.41, 5.74) is 8.90. The molecule has 0 aliphatic rings. The normalized spacial score (nSPS) is 12.7. The van der Waals surface area contributed by atoms with E-state index in [1.54, 1.807) is 11.3 Å². The van der Waals surface area contributed by atoms with Gasteiger partial charge >= 0.3 is 0 Å². The molecule has 19 heavy (non-hydrogen) atoms. The maximum Gasteiger partial charge on any atom is 0.0390 e. The number of nitrogens with two attached hydrogens (primary N) is 1. The van der Waals surface area contributed by atoms with Crippen molar-refractivity contribution in [2.75, 3.05) is 0 Å². The SMILES string of the molecule is NC(Cc1ccc(Br)cc1)c1cccc2ccsc12. The van der Waals surface area contributed by atoms with E-state index in [0.29, 0.717) is 0 Å². The van der Waals surface area contributed by atoms with Crippen molar-refractivity contribution >= 4 is 37.4 Å². The second-order valence-electron chi connectivity index (χ2n) is 4.62. The van der Waals surface area contributed by atoms with Crippen LogP contribution < -0.4 is 5.73 Å². The van der Waals surface area contributed by atoms with Gasteiger partial charge in [-0.15, -0.1) is 11.3 Å². The Hall–Kier alpha value is -1.16. The summed E-state index contributed by atoms with van der Waals surface area (Å²) in [5, 5.41) is 3.41. The van der Waals surface area contributed by atoms with E-state index in [9.17, 15) is 0 Å². The van der Waals surface area contributed by atoms with E-state index >= 15 is 0 Å². The molecule has 1 heterocycles. The highest BCUT2D eigenvalue weighted by atomic mass is 79.9. The maximum atomic E-state index is 6.39. The zero-order chi connectivity index (χ0) is 13.2. The second-order valence-corrected chi connectivity index (χ2v) is 6.46. The minimum absolute atomic E-state index is 0.0449. The zero-order valence-corrected chi connectivity index (χ0v) is 12.7. The molecule has 3 aromatic rings. The molecule has 0 aliphatic heterocycles. The standard InChI is InChI=1S/C16H14BrNS/c17-13-6-4-11(5-7-13)10-15(18)14-3-1-2-12-8-9-19-16(12)14/h1-9,15H,10,18H2. The highest BCUT2D eigenvalue weighted by Gasteiger charge is 2.11. The smallest absolute Gasteiger partial charge is 0.0390 e. The summed E-state index contributed by atoms with van der Waals surface area (Å²) < 4.78 is 2.41. The predicted octanol–water partition coefficient (Wildman–Crippen LogP) is 4.91. The number of thiophene rings is 1. The zero-order valence-electron chi connectivity index (χ0n) is 10.3. The molecule has 0 spiro atoms. The van der Waals surface area contributed by atoms with Crippen molar-refractivity contribution in [1.82, 2.24) is 0 Å².